The highest BCUT2D eigenvalue weighted by molar-refractivity contribution is 7.15. The Morgan fingerprint density at radius 3 is 2.44 bits per heavy atom. The zero-order valence-corrected chi connectivity index (χ0v) is 19.5. The number of hydrogen-bond donors (Lipinski definition) is 2. The first-order chi connectivity index (χ1) is 15.2. The minimum atomic E-state index is -1.16. The lowest BCUT2D eigenvalue weighted by Crippen LogP contribution is -2.13. The quantitative estimate of drug-likeness (QED) is 0.400. The highest BCUT2D eigenvalue weighted by Crippen LogP contribution is 2.39. The first-order valence-corrected chi connectivity index (χ1v) is 11.0. The molecule has 0 aliphatic carbocycles. The van der Waals surface area contributed by atoms with Gasteiger partial charge in [-0.1, -0.05) is 23.2 Å². The number of carboxylic acids is 1. The molecule has 1 aromatic carbocycles. The van der Waals surface area contributed by atoms with E-state index in [1.165, 1.54) is 10.9 Å². The van der Waals surface area contributed by atoms with Crippen LogP contribution in [0.2, 0.25) is 10.2 Å². The van der Waals surface area contributed by atoms with Crippen molar-refractivity contribution in [3.63, 3.8) is 0 Å². The van der Waals surface area contributed by atoms with Gasteiger partial charge in [-0.05, 0) is 38.1 Å². The molecule has 0 atom stereocenters. The Morgan fingerprint density at radius 1 is 1.16 bits per heavy atom. The molecule has 32 heavy (non-hydrogen) atoms. The molecule has 4 rings (SSSR count). The van der Waals surface area contributed by atoms with Gasteiger partial charge in [-0.15, -0.1) is 11.3 Å². The van der Waals surface area contributed by atoms with Crippen LogP contribution < -0.4 is 5.32 Å². The number of rotatable bonds is 5. The number of amides is 1. The van der Waals surface area contributed by atoms with E-state index in [0.717, 1.165) is 22.7 Å². The molecule has 0 saturated carbocycles. The van der Waals surface area contributed by atoms with Gasteiger partial charge < -0.3 is 10.4 Å². The lowest BCUT2D eigenvalue weighted by Gasteiger charge is -2.07. The van der Waals surface area contributed by atoms with Gasteiger partial charge in [-0.2, -0.15) is 10.2 Å². The van der Waals surface area contributed by atoms with E-state index in [1.807, 2.05) is 26.0 Å². The number of nitrogens with one attached hydrogen (secondary N) is 1. The lowest BCUT2D eigenvalue weighted by atomic mass is 10.0. The number of thiophene rings is 1. The molecule has 0 fully saturated rings. The number of aromatic carboxylic acids is 1. The van der Waals surface area contributed by atoms with E-state index in [4.69, 9.17) is 23.2 Å². The zero-order valence-electron chi connectivity index (χ0n) is 17.2. The molecule has 2 N–H and O–H groups in total. The van der Waals surface area contributed by atoms with Crippen molar-refractivity contribution in [2.24, 2.45) is 7.05 Å². The molecule has 3 heterocycles. The summed E-state index contributed by atoms with van der Waals surface area (Å²) in [5.74, 6) is -1.70. The molecule has 0 saturated heterocycles. The Labute approximate surface area is 197 Å². The summed E-state index contributed by atoms with van der Waals surface area (Å²) in [4.78, 5) is 24.8. The van der Waals surface area contributed by atoms with Gasteiger partial charge in [0.15, 0.2) is 0 Å². The molecule has 11 heteroatoms. The molecule has 8 nitrogen and oxygen atoms in total. The van der Waals surface area contributed by atoms with E-state index in [-0.39, 0.29) is 21.3 Å². The van der Waals surface area contributed by atoms with E-state index >= 15 is 0 Å². The monoisotopic (exact) mass is 489 g/mol. The minimum Gasteiger partial charge on any atom is -0.478 e. The van der Waals surface area contributed by atoms with Crippen LogP contribution in [0.1, 0.15) is 32.1 Å². The van der Waals surface area contributed by atoms with Gasteiger partial charge in [-0.3, -0.25) is 9.48 Å². The number of aryl methyl sites for hydroxylation is 2. The van der Waals surface area contributed by atoms with Gasteiger partial charge in [0.05, 0.1) is 23.1 Å². The number of halogens is 2. The maximum Gasteiger partial charge on any atom is 0.339 e. The van der Waals surface area contributed by atoms with Crippen molar-refractivity contribution in [2.45, 2.75) is 13.8 Å². The molecule has 0 aliphatic rings. The largest absolute Gasteiger partial charge is 0.478 e. The second-order valence-corrected chi connectivity index (χ2v) is 8.69. The Kier molecular flexibility index (Phi) is 5.81. The standard InChI is InChI=1S/C21H17Cl2N5O3S/c1-10-16(11(2)28(26-10)13-6-4-12(22)5-7-13)15-9-32-20(17(15)21(30)31)25-19(29)14-8-24-27(3)18(14)23/h4-9H,1-3H3,(H,25,29)(H,30,31). The van der Waals surface area contributed by atoms with Crippen LogP contribution in [0.4, 0.5) is 5.00 Å². The fourth-order valence-electron chi connectivity index (χ4n) is 3.46. The molecule has 0 bridgehead atoms. The number of aromatic nitrogens is 4. The van der Waals surface area contributed by atoms with Gasteiger partial charge in [0, 0.05) is 34.3 Å². The summed E-state index contributed by atoms with van der Waals surface area (Å²) in [6.07, 6.45) is 1.33. The Hall–Kier alpha value is -3.14. The highest BCUT2D eigenvalue weighted by Gasteiger charge is 2.26. The van der Waals surface area contributed by atoms with Gasteiger partial charge in [0.1, 0.15) is 15.7 Å². The third-order valence-electron chi connectivity index (χ3n) is 4.97. The van der Waals surface area contributed by atoms with Crippen molar-refractivity contribution < 1.29 is 14.7 Å². The normalized spacial score (nSPS) is 11.0. The third-order valence-corrected chi connectivity index (χ3v) is 6.57. The summed E-state index contributed by atoms with van der Waals surface area (Å²) in [7, 11) is 1.61. The Balaban J connectivity index is 1.76. The first kappa shape index (κ1) is 22.1. The minimum absolute atomic E-state index is 0.00906. The van der Waals surface area contributed by atoms with Crippen molar-refractivity contribution in [3.05, 3.63) is 68.5 Å². The van der Waals surface area contributed by atoms with Crippen molar-refractivity contribution >= 4 is 51.4 Å². The SMILES string of the molecule is Cc1nn(-c2ccc(Cl)cc2)c(C)c1-c1csc(NC(=O)c2cnn(C)c2Cl)c1C(=O)O. The molecule has 4 aromatic rings. The summed E-state index contributed by atoms with van der Waals surface area (Å²) in [5.41, 5.74) is 3.53. The average Bonchev–Trinajstić information content (AvgIpc) is 3.38. The maximum atomic E-state index is 12.7. The maximum absolute atomic E-state index is 12.7. The molecule has 0 aliphatic heterocycles. The molecule has 0 radical (unpaired) electrons. The summed E-state index contributed by atoms with van der Waals surface area (Å²) >= 11 is 13.2. The molecular formula is C21H17Cl2N5O3S. The number of carboxylic acid groups (broad SMARTS) is 1. The number of anilines is 1. The van der Waals surface area contributed by atoms with E-state index in [1.54, 1.807) is 29.2 Å². The zero-order chi connectivity index (χ0) is 23.2. The first-order valence-electron chi connectivity index (χ1n) is 9.35. The Morgan fingerprint density at radius 2 is 1.84 bits per heavy atom. The summed E-state index contributed by atoms with van der Waals surface area (Å²) < 4.78 is 3.09. The molecule has 164 valence electrons. The fraction of sp³-hybridized carbons (Fsp3) is 0.143. The van der Waals surface area contributed by atoms with Gasteiger partial charge >= 0.3 is 5.97 Å². The second kappa shape index (κ2) is 8.42. The van der Waals surface area contributed by atoms with E-state index in [9.17, 15) is 14.7 Å². The smallest absolute Gasteiger partial charge is 0.339 e. The highest BCUT2D eigenvalue weighted by atomic mass is 35.5. The van der Waals surface area contributed by atoms with E-state index in [2.05, 4.69) is 15.5 Å². The van der Waals surface area contributed by atoms with Gasteiger partial charge in [-0.25, -0.2) is 9.48 Å². The van der Waals surface area contributed by atoms with Crippen LogP contribution in [0.3, 0.4) is 0 Å². The van der Waals surface area contributed by atoms with E-state index < -0.39 is 11.9 Å². The number of hydrogen-bond acceptors (Lipinski definition) is 5. The van der Waals surface area contributed by atoms with Crippen molar-refractivity contribution in [3.8, 4) is 16.8 Å². The van der Waals surface area contributed by atoms with Crippen molar-refractivity contribution in [1.82, 2.24) is 19.6 Å². The van der Waals surface area contributed by atoms with Crippen LogP contribution in [0.5, 0.6) is 0 Å². The second-order valence-electron chi connectivity index (χ2n) is 7.02. The van der Waals surface area contributed by atoms with Crippen molar-refractivity contribution in [2.75, 3.05) is 5.32 Å². The molecule has 0 spiro atoms. The summed E-state index contributed by atoms with van der Waals surface area (Å²) in [6.45, 7) is 3.67. The number of benzene rings is 1. The average molecular weight is 490 g/mol. The van der Waals surface area contributed by atoms with Crippen LogP contribution in [-0.4, -0.2) is 36.5 Å². The molecule has 0 unspecified atom stereocenters. The number of carbonyl (C=O) groups excluding carboxylic acids is 1. The van der Waals surface area contributed by atoms with Crippen LogP contribution >= 0.6 is 34.5 Å². The van der Waals surface area contributed by atoms with Crippen molar-refractivity contribution in [1.29, 1.82) is 0 Å². The lowest BCUT2D eigenvalue weighted by molar-refractivity contribution is 0.0699. The summed E-state index contributed by atoms with van der Waals surface area (Å²) in [5, 5.41) is 23.8. The van der Waals surface area contributed by atoms with E-state index in [0.29, 0.717) is 21.8 Å². The van der Waals surface area contributed by atoms with Gasteiger partial charge in [0.2, 0.25) is 0 Å². The predicted octanol–water partition coefficient (Wildman–Crippen LogP) is 5.21. The van der Waals surface area contributed by atoms with Crippen LogP contribution in [0.25, 0.3) is 16.8 Å². The number of nitrogens with zero attached hydrogens (tertiary/aromatic N) is 4. The van der Waals surface area contributed by atoms with Crippen LogP contribution in [0.15, 0.2) is 35.8 Å². The third kappa shape index (κ3) is 3.79. The topological polar surface area (TPSA) is 102 Å². The number of carbonyl (C=O) groups is 2. The fourth-order valence-corrected chi connectivity index (χ4v) is 4.70. The molecular weight excluding hydrogens is 473 g/mol. The van der Waals surface area contributed by atoms with Gasteiger partial charge in [0.25, 0.3) is 5.91 Å². The summed E-state index contributed by atoms with van der Waals surface area (Å²) in [6, 6.07) is 7.19. The van der Waals surface area contributed by atoms with Crippen LogP contribution in [-0.2, 0) is 7.05 Å². The Bertz CT molecular complexity index is 1350. The predicted molar refractivity (Wildman–Crippen MR) is 124 cm³/mol. The molecule has 3 aromatic heterocycles. The molecule has 1 amide bonds. The van der Waals surface area contributed by atoms with Crippen LogP contribution in [0, 0.1) is 13.8 Å².